The third-order valence-corrected chi connectivity index (χ3v) is 3.31. The minimum absolute atomic E-state index is 0.0874. The van der Waals surface area contributed by atoms with Crippen molar-refractivity contribution in [3.05, 3.63) is 58.4 Å². The van der Waals surface area contributed by atoms with Crippen LogP contribution in [0.4, 0.5) is 5.69 Å². The number of amides is 1. The van der Waals surface area contributed by atoms with Crippen molar-refractivity contribution in [1.82, 2.24) is 10.3 Å². The lowest BCUT2D eigenvalue weighted by Gasteiger charge is -2.11. The van der Waals surface area contributed by atoms with Gasteiger partial charge in [-0.3, -0.25) is 4.79 Å². The summed E-state index contributed by atoms with van der Waals surface area (Å²) < 4.78 is 0. The van der Waals surface area contributed by atoms with Crippen LogP contribution in [0, 0.1) is 6.92 Å². The van der Waals surface area contributed by atoms with E-state index in [0.29, 0.717) is 17.3 Å². The van der Waals surface area contributed by atoms with E-state index in [1.807, 2.05) is 25.1 Å². The number of carbonyl (C=O) groups excluding carboxylic acids is 1. The summed E-state index contributed by atoms with van der Waals surface area (Å²) in [5, 5.41) is 6.32. The standard InChI is InChI=1S/C15H16ClN3O/c1-10-7-8-18-14(16)13(10)19-9-11-3-5-12(6-4-11)15(20)17-2/h3-8,19H,9H2,1-2H3,(H,17,20). The molecule has 1 aromatic heterocycles. The van der Waals surface area contributed by atoms with Gasteiger partial charge < -0.3 is 10.6 Å². The van der Waals surface area contributed by atoms with Crippen molar-refractivity contribution in [2.45, 2.75) is 13.5 Å². The lowest BCUT2D eigenvalue weighted by Crippen LogP contribution is -2.17. The summed E-state index contributed by atoms with van der Waals surface area (Å²) in [5.74, 6) is -0.0874. The van der Waals surface area contributed by atoms with Gasteiger partial charge in [-0.2, -0.15) is 0 Å². The number of benzene rings is 1. The maximum Gasteiger partial charge on any atom is 0.251 e. The predicted molar refractivity (Wildman–Crippen MR) is 81.1 cm³/mol. The van der Waals surface area contributed by atoms with Gasteiger partial charge in [-0.05, 0) is 36.2 Å². The van der Waals surface area contributed by atoms with Gasteiger partial charge in [0.25, 0.3) is 5.91 Å². The number of aromatic nitrogens is 1. The Balaban J connectivity index is 2.06. The molecule has 1 heterocycles. The second-order valence-electron chi connectivity index (χ2n) is 4.42. The second kappa shape index (κ2) is 6.39. The molecule has 0 spiro atoms. The van der Waals surface area contributed by atoms with Crippen LogP contribution in [0.3, 0.4) is 0 Å². The van der Waals surface area contributed by atoms with E-state index in [2.05, 4.69) is 15.6 Å². The third-order valence-electron chi connectivity index (χ3n) is 3.03. The minimum Gasteiger partial charge on any atom is -0.378 e. The van der Waals surface area contributed by atoms with Crippen molar-refractivity contribution >= 4 is 23.2 Å². The van der Waals surface area contributed by atoms with Gasteiger partial charge >= 0.3 is 0 Å². The molecule has 2 N–H and O–H groups in total. The number of pyridine rings is 1. The highest BCUT2D eigenvalue weighted by Crippen LogP contribution is 2.23. The monoisotopic (exact) mass is 289 g/mol. The maximum absolute atomic E-state index is 11.4. The Morgan fingerprint density at radius 1 is 1.25 bits per heavy atom. The van der Waals surface area contributed by atoms with Crippen LogP contribution in [0.25, 0.3) is 0 Å². The average Bonchev–Trinajstić information content (AvgIpc) is 2.46. The van der Waals surface area contributed by atoms with Crippen molar-refractivity contribution in [2.75, 3.05) is 12.4 Å². The van der Waals surface area contributed by atoms with E-state index >= 15 is 0 Å². The molecule has 0 atom stereocenters. The number of nitrogens with one attached hydrogen (secondary N) is 2. The van der Waals surface area contributed by atoms with E-state index in [-0.39, 0.29) is 5.91 Å². The van der Waals surface area contributed by atoms with Crippen molar-refractivity contribution in [1.29, 1.82) is 0 Å². The highest BCUT2D eigenvalue weighted by atomic mass is 35.5. The molecule has 0 aliphatic heterocycles. The molecule has 1 amide bonds. The maximum atomic E-state index is 11.4. The molecule has 0 unspecified atom stereocenters. The molecule has 5 heteroatoms. The summed E-state index contributed by atoms with van der Waals surface area (Å²) in [5.41, 5.74) is 3.60. The van der Waals surface area contributed by atoms with Gasteiger partial charge in [0.1, 0.15) is 0 Å². The summed E-state index contributed by atoms with van der Waals surface area (Å²) in [6.45, 7) is 2.60. The zero-order valence-corrected chi connectivity index (χ0v) is 12.2. The molecule has 0 saturated heterocycles. The Kier molecular flexibility index (Phi) is 4.58. The number of hydrogen-bond donors (Lipinski definition) is 2. The van der Waals surface area contributed by atoms with Gasteiger partial charge in [0, 0.05) is 25.4 Å². The number of nitrogens with zero attached hydrogens (tertiary/aromatic N) is 1. The molecule has 2 aromatic rings. The van der Waals surface area contributed by atoms with E-state index in [4.69, 9.17) is 11.6 Å². The third kappa shape index (κ3) is 3.27. The van der Waals surface area contributed by atoms with Crippen LogP contribution < -0.4 is 10.6 Å². The van der Waals surface area contributed by atoms with Crippen LogP contribution >= 0.6 is 11.6 Å². The van der Waals surface area contributed by atoms with E-state index < -0.39 is 0 Å². The Morgan fingerprint density at radius 3 is 2.55 bits per heavy atom. The van der Waals surface area contributed by atoms with Crippen LogP contribution in [-0.2, 0) is 6.54 Å². The SMILES string of the molecule is CNC(=O)c1ccc(CNc2c(C)ccnc2Cl)cc1. The second-order valence-corrected chi connectivity index (χ2v) is 4.78. The zero-order chi connectivity index (χ0) is 14.5. The van der Waals surface area contributed by atoms with E-state index in [1.165, 1.54) is 0 Å². The van der Waals surface area contributed by atoms with Crippen LogP contribution in [0.1, 0.15) is 21.5 Å². The molecule has 0 radical (unpaired) electrons. The first kappa shape index (κ1) is 14.3. The van der Waals surface area contributed by atoms with Gasteiger partial charge in [-0.15, -0.1) is 0 Å². The topological polar surface area (TPSA) is 54.0 Å². The first-order valence-electron chi connectivity index (χ1n) is 6.28. The molecule has 0 fully saturated rings. The number of halogens is 1. The zero-order valence-electron chi connectivity index (χ0n) is 11.4. The summed E-state index contributed by atoms with van der Waals surface area (Å²) in [7, 11) is 1.62. The van der Waals surface area contributed by atoms with Crippen molar-refractivity contribution in [3.8, 4) is 0 Å². The highest BCUT2D eigenvalue weighted by molar-refractivity contribution is 6.32. The average molecular weight is 290 g/mol. The first-order chi connectivity index (χ1) is 9.61. The number of rotatable bonds is 4. The fraction of sp³-hybridized carbons (Fsp3) is 0.200. The molecule has 0 aliphatic rings. The van der Waals surface area contributed by atoms with Gasteiger partial charge in [-0.1, -0.05) is 23.7 Å². The molecule has 2 rings (SSSR count). The van der Waals surface area contributed by atoms with Crippen LogP contribution in [-0.4, -0.2) is 17.9 Å². The smallest absolute Gasteiger partial charge is 0.251 e. The van der Waals surface area contributed by atoms with E-state index in [0.717, 1.165) is 16.8 Å². The molecule has 20 heavy (non-hydrogen) atoms. The Morgan fingerprint density at radius 2 is 1.95 bits per heavy atom. The minimum atomic E-state index is -0.0874. The fourth-order valence-electron chi connectivity index (χ4n) is 1.85. The molecular weight excluding hydrogens is 274 g/mol. The Hall–Kier alpha value is -2.07. The molecule has 0 saturated carbocycles. The Labute approximate surface area is 123 Å². The van der Waals surface area contributed by atoms with Crippen LogP contribution in [0.2, 0.25) is 5.15 Å². The summed E-state index contributed by atoms with van der Waals surface area (Å²) in [6.07, 6.45) is 1.68. The molecular formula is C15H16ClN3O. The normalized spacial score (nSPS) is 10.2. The van der Waals surface area contributed by atoms with Gasteiger partial charge in [-0.25, -0.2) is 4.98 Å². The van der Waals surface area contributed by atoms with Crippen LogP contribution in [0.15, 0.2) is 36.5 Å². The van der Waals surface area contributed by atoms with Crippen molar-refractivity contribution in [2.24, 2.45) is 0 Å². The fourth-order valence-corrected chi connectivity index (χ4v) is 2.12. The highest BCUT2D eigenvalue weighted by Gasteiger charge is 2.05. The molecule has 4 nitrogen and oxygen atoms in total. The number of hydrogen-bond acceptors (Lipinski definition) is 3. The first-order valence-corrected chi connectivity index (χ1v) is 6.65. The van der Waals surface area contributed by atoms with Crippen LogP contribution in [0.5, 0.6) is 0 Å². The Bertz CT molecular complexity index is 591. The molecule has 104 valence electrons. The quantitative estimate of drug-likeness (QED) is 0.851. The van der Waals surface area contributed by atoms with E-state index in [9.17, 15) is 4.79 Å². The summed E-state index contributed by atoms with van der Waals surface area (Å²) in [6, 6.07) is 9.33. The van der Waals surface area contributed by atoms with Gasteiger partial charge in [0.05, 0.1) is 5.69 Å². The van der Waals surface area contributed by atoms with E-state index in [1.54, 1.807) is 25.4 Å². The van der Waals surface area contributed by atoms with Crippen molar-refractivity contribution in [3.63, 3.8) is 0 Å². The van der Waals surface area contributed by atoms with Gasteiger partial charge in [0.15, 0.2) is 5.15 Å². The lowest BCUT2D eigenvalue weighted by atomic mass is 10.1. The number of aryl methyl sites for hydroxylation is 1. The lowest BCUT2D eigenvalue weighted by molar-refractivity contribution is 0.0963. The number of anilines is 1. The molecule has 0 aliphatic carbocycles. The predicted octanol–water partition coefficient (Wildman–Crippen LogP) is 3.02. The van der Waals surface area contributed by atoms with Gasteiger partial charge in [0.2, 0.25) is 0 Å². The largest absolute Gasteiger partial charge is 0.378 e. The summed E-state index contributed by atoms with van der Waals surface area (Å²) >= 11 is 6.05. The summed E-state index contributed by atoms with van der Waals surface area (Å²) in [4.78, 5) is 15.5. The number of carbonyl (C=O) groups is 1. The van der Waals surface area contributed by atoms with Crippen molar-refractivity contribution < 1.29 is 4.79 Å². The molecule has 0 bridgehead atoms. The molecule has 1 aromatic carbocycles.